The lowest BCUT2D eigenvalue weighted by Gasteiger charge is -2.11. The quantitative estimate of drug-likeness (QED) is 0.453. The minimum absolute atomic E-state index is 0. The van der Waals surface area contributed by atoms with Gasteiger partial charge in [-0.15, -0.1) is 24.0 Å². The number of hydrogen-bond acceptors (Lipinski definition) is 1. The van der Waals surface area contributed by atoms with Crippen LogP contribution in [-0.2, 0) is 6.42 Å². The summed E-state index contributed by atoms with van der Waals surface area (Å²) >= 11 is 5.95. The van der Waals surface area contributed by atoms with E-state index in [2.05, 4.69) is 22.5 Å². The van der Waals surface area contributed by atoms with Crippen molar-refractivity contribution in [2.75, 3.05) is 20.1 Å². The average molecular weight is 400 g/mol. The van der Waals surface area contributed by atoms with Crippen molar-refractivity contribution in [2.24, 2.45) is 4.99 Å². The Morgan fingerprint density at radius 2 is 2.00 bits per heavy atom. The molecule has 0 aliphatic rings. The van der Waals surface area contributed by atoms with Gasteiger partial charge in [0, 0.05) is 30.7 Å². The van der Waals surface area contributed by atoms with Gasteiger partial charge in [0.25, 0.3) is 0 Å². The zero-order chi connectivity index (χ0) is 13.4. The van der Waals surface area contributed by atoms with E-state index >= 15 is 0 Å². The molecule has 0 unspecified atom stereocenters. The van der Waals surface area contributed by atoms with E-state index in [1.807, 2.05) is 0 Å². The summed E-state index contributed by atoms with van der Waals surface area (Å²) in [6.07, 6.45) is 1.55. The first-order valence-electron chi connectivity index (χ1n) is 6.06. The van der Waals surface area contributed by atoms with Crippen molar-refractivity contribution in [3.63, 3.8) is 0 Å². The van der Waals surface area contributed by atoms with Gasteiger partial charge in [0.15, 0.2) is 5.96 Å². The first-order chi connectivity index (χ1) is 8.69. The standard InChI is InChI=1S/C13H19ClFN3.HI/c1-3-8-17-13(16-2)18-9-7-10-11(14)5-4-6-12(10)15;/h4-6H,3,7-9H2,1-2H3,(H2,16,17,18);1H. The molecular formula is C13H20ClFIN3. The summed E-state index contributed by atoms with van der Waals surface area (Å²) < 4.78 is 13.5. The molecular weight excluding hydrogens is 380 g/mol. The van der Waals surface area contributed by atoms with Crippen LogP contribution in [0.5, 0.6) is 0 Å². The van der Waals surface area contributed by atoms with E-state index in [-0.39, 0.29) is 29.8 Å². The number of aliphatic imine (C=N–C) groups is 1. The normalized spacial score (nSPS) is 10.8. The van der Waals surface area contributed by atoms with E-state index in [4.69, 9.17) is 11.6 Å². The van der Waals surface area contributed by atoms with Crippen LogP contribution in [0.25, 0.3) is 0 Å². The number of hydrogen-bond donors (Lipinski definition) is 2. The summed E-state index contributed by atoms with van der Waals surface area (Å²) in [5.41, 5.74) is 0.539. The number of guanidine groups is 1. The lowest BCUT2D eigenvalue weighted by molar-refractivity contribution is 0.607. The minimum atomic E-state index is -0.263. The van der Waals surface area contributed by atoms with E-state index in [1.54, 1.807) is 19.2 Å². The maximum Gasteiger partial charge on any atom is 0.190 e. The van der Waals surface area contributed by atoms with E-state index < -0.39 is 0 Å². The highest BCUT2D eigenvalue weighted by Gasteiger charge is 2.06. The number of rotatable bonds is 5. The third kappa shape index (κ3) is 6.42. The highest BCUT2D eigenvalue weighted by Crippen LogP contribution is 2.18. The Balaban J connectivity index is 0.00000324. The highest BCUT2D eigenvalue weighted by molar-refractivity contribution is 14.0. The average Bonchev–Trinajstić information content (AvgIpc) is 2.36. The second-order valence-corrected chi connectivity index (χ2v) is 4.28. The van der Waals surface area contributed by atoms with Gasteiger partial charge in [-0.1, -0.05) is 24.6 Å². The monoisotopic (exact) mass is 399 g/mol. The van der Waals surface area contributed by atoms with Crippen LogP contribution in [0.2, 0.25) is 5.02 Å². The molecule has 0 heterocycles. The van der Waals surface area contributed by atoms with E-state index in [1.165, 1.54) is 6.07 Å². The molecule has 0 bridgehead atoms. The molecule has 1 aromatic rings. The molecule has 0 aliphatic heterocycles. The molecule has 0 saturated heterocycles. The first-order valence-corrected chi connectivity index (χ1v) is 6.44. The number of halogens is 3. The maximum absolute atomic E-state index is 13.5. The molecule has 0 fully saturated rings. The zero-order valence-electron chi connectivity index (χ0n) is 11.2. The Hall–Kier alpha value is -0.560. The summed E-state index contributed by atoms with van der Waals surface area (Å²) in [6, 6.07) is 4.73. The summed E-state index contributed by atoms with van der Waals surface area (Å²) in [5.74, 6) is 0.463. The van der Waals surface area contributed by atoms with Gasteiger partial charge in [0.1, 0.15) is 5.82 Å². The largest absolute Gasteiger partial charge is 0.356 e. The molecule has 19 heavy (non-hydrogen) atoms. The van der Waals surface area contributed by atoms with Crippen molar-refractivity contribution in [1.29, 1.82) is 0 Å². The molecule has 0 atom stereocenters. The molecule has 0 amide bonds. The smallest absolute Gasteiger partial charge is 0.190 e. The highest BCUT2D eigenvalue weighted by atomic mass is 127. The van der Waals surface area contributed by atoms with Crippen molar-refractivity contribution in [3.05, 3.63) is 34.6 Å². The SMILES string of the molecule is CCCNC(=NC)NCCc1c(F)cccc1Cl.I. The van der Waals surface area contributed by atoms with Crippen LogP contribution in [0.1, 0.15) is 18.9 Å². The Labute approximate surface area is 136 Å². The van der Waals surface area contributed by atoms with Gasteiger partial charge in [0.05, 0.1) is 0 Å². The molecule has 1 rings (SSSR count). The summed E-state index contributed by atoms with van der Waals surface area (Å²) in [7, 11) is 1.71. The van der Waals surface area contributed by atoms with Crippen LogP contribution in [0.4, 0.5) is 4.39 Å². The van der Waals surface area contributed by atoms with Gasteiger partial charge in [-0.05, 0) is 25.0 Å². The van der Waals surface area contributed by atoms with Gasteiger partial charge in [-0.2, -0.15) is 0 Å². The first kappa shape index (κ1) is 18.4. The summed E-state index contributed by atoms with van der Waals surface area (Å²) in [5, 5.41) is 6.73. The fraction of sp³-hybridized carbons (Fsp3) is 0.462. The molecule has 0 aliphatic carbocycles. The zero-order valence-corrected chi connectivity index (χ0v) is 14.3. The van der Waals surface area contributed by atoms with Crippen LogP contribution < -0.4 is 10.6 Å². The molecule has 0 aromatic heterocycles. The van der Waals surface area contributed by atoms with Crippen LogP contribution in [-0.4, -0.2) is 26.1 Å². The third-order valence-electron chi connectivity index (χ3n) is 2.50. The molecule has 6 heteroatoms. The van der Waals surface area contributed by atoms with Gasteiger partial charge >= 0.3 is 0 Å². The molecule has 3 nitrogen and oxygen atoms in total. The molecule has 0 saturated carbocycles. The van der Waals surface area contributed by atoms with E-state index in [0.717, 1.165) is 18.9 Å². The number of benzene rings is 1. The van der Waals surface area contributed by atoms with Crippen LogP contribution in [0.15, 0.2) is 23.2 Å². The minimum Gasteiger partial charge on any atom is -0.356 e. The Bertz CT molecular complexity index is 393. The molecule has 108 valence electrons. The van der Waals surface area contributed by atoms with Gasteiger partial charge in [-0.25, -0.2) is 4.39 Å². The number of nitrogens with zero attached hydrogens (tertiary/aromatic N) is 1. The van der Waals surface area contributed by atoms with Crippen molar-refractivity contribution >= 4 is 41.5 Å². The predicted molar refractivity (Wildman–Crippen MR) is 90.2 cm³/mol. The Kier molecular flexibility index (Phi) is 9.95. The molecule has 0 spiro atoms. The topological polar surface area (TPSA) is 36.4 Å². The summed E-state index contributed by atoms with van der Waals surface area (Å²) in [4.78, 5) is 4.07. The fourth-order valence-corrected chi connectivity index (χ4v) is 1.80. The molecule has 2 N–H and O–H groups in total. The second-order valence-electron chi connectivity index (χ2n) is 3.88. The summed E-state index contributed by atoms with van der Waals surface area (Å²) in [6.45, 7) is 3.53. The van der Waals surface area contributed by atoms with Crippen molar-refractivity contribution < 1.29 is 4.39 Å². The molecule has 1 aromatic carbocycles. The lowest BCUT2D eigenvalue weighted by atomic mass is 10.1. The predicted octanol–water partition coefficient (Wildman–Crippen LogP) is 3.21. The van der Waals surface area contributed by atoms with Crippen molar-refractivity contribution in [1.82, 2.24) is 10.6 Å². The fourth-order valence-electron chi connectivity index (χ4n) is 1.54. The van der Waals surface area contributed by atoms with Crippen molar-refractivity contribution in [3.8, 4) is 0 Å². The van der Waals surface area contributed by atoms with Gasteiger partial charge < -0.3 is 10.6 Å². The lowest BCUT2D eigenvalue weighted by Crippen LogP contribution is -2.38. The van der Waals surface area contributed by atoms with E-state index in [9.17, 15) is 4.39 Å². The van der Waals surface area contributed by atoms with Gasteiger partial charge in [-0.3, -0.25) is 4.99 Å². The Morgan fingerprint density at radius 1 is 1.32 bits per heavy atom. The Morgan fingerprint density at radius 3 is 2.58 bits per heavy atom. The van der Waals surface area contributed by atoms with Crippen molar-refractivity contribution in [2.45, 2.75) is 19.8 Å². The van der Waals surface area contributed by atoms with Crippen LogP contribution in [0, 0.1) is 5.82 Å². The van der Waals surface area contributed by atoms with Crippen LogP contribution in [0.3, 0.4) is 0 Å². The van der Waals surface area contributed by atoms with Crippen LogP contribution >= 0.6 is 35.6 Å². The van der Waals surface area contributed by atoms with Gasteiger partial charge in [0.2, 0.25) is 0 Å². The second kappa shape index (κ2) is 10.3. The third-order valence-corrected chi connectivity index (χ3v) is 2.85. The van der Waals surface area contributed by atoms with E-state index in [0.29, 0.717) is 23.6 Å². The molecule has 0 radical (unpaired) electrons. The number of nitrogens with one attached hydrogen (secondary N) is 2. The maximum atomic E-state index is 13.5.